The van der Waals surface area contributed by atoms with Gasteiger partial charge in [-0.3, -0.25) is 19.3 Å². The fraction of sp³-hybridized carbons (Fsp3) is 0.250. The van der Waals surface area contributed by atoms with E-state index in [1.165, 1.54) is 0 Å². The fourth-order valence-corrected chi connectivity index (χ4v) is 1.85. The molecule has 5 nitrogen and oxygen atoms in total. The second-order valence-corrected chi connectivity index (χ2v) is 3.94. The van der Waals surface area contributed by atoms with Crippen LogP contribution in [0.3, 0.4) is 0 Å². The molecular weight excluding hydrogens is 220 g/mol. The largest absolute Gasteiger partial charge is 0.368 e. The molecule has 2 rings (SSSR count). The van der Waals surface area contributed by atoms with Crippen molar-refractivity contribution >= 4 is 17.7 Å². The Labute approximate surface area is 98.2 Å². The van der Waals surface area contributed by atoms with Gasteiger partial charge in [0.05, 0.1) is 0 Å². The van der Waals surface area contributed by atoms with Gasteiger partial charge >= 0.3 is 0 Å². The number of nitrogens with two attached hydrogens (primary N) is 1. The summed E-state index contributed by atoms with van der Waals surface area (Å²) in [4.78, 5) is 34.8. The zero-order valence-electron chi connectivity index (χ0n) is 9.13. The summed E-state index contributed by atoms with van der Waals surface area (Å²) in [5.41, 5.74) is 6.10. The predicted molar refractivity (Wildman–Crippen MR) is 59.6 cm³/mol. The highest BCUT2D eigenvalue weighted by atomic mass is 16.2. The third-order valence-electron chi connectivity index (χ3n) is 2.75. The van der Waals surface area contributed by atoms with Gasteiger partial charge in [0.2, 0.25) is 17.7 Å². The van der Waals surface area contributed by atoms with Crippen LogP contribution in [0, 0.1) is 0 Å². The van der Waals surface area contributed by atoms with Crippen LogP contribution in [0.5, 0.6) is 0 Å². The van der Waals surface area contributed by atoms with Gasteiger partial charge in [-0.1, -0.05) is 30.3 Å². The predicted octanol–water partition coefficient (Wildman–Crippen LogP) is -0.158. The van der Waals surface area contributed by atoms with Gasteiger partial charge in [0, 0.05) is 6.42 Å². The number of likely N-dealkylation sites (tertiary alicyclic amines) is 1. The first-order valence-corrected chi connectivity index (χ1v) is 5.27. The first kappa shape index (κ1) is 11.3. The lowest BCUT2D eigenvalue weighted by molar-refractivity contribution is -0.163. The van der Waals surface area contributed by atoms with Crippen LogP contribution in [-0.4, -0.2) is 28.7 Å². The van der Waals surface area contributed by atoms with E-state index in [1.54, 1.807) is 0 Å². The van der Waals surface area contributed by atoms with Crippen LogP contribution in [0.4, 0.5) is 0 Å². The minimum atomic E-state index is -0.869. The van der Waals surface area contributed by atoms with Gasteiger partial charge < -0.3 is 5.73 Å². The number of nitrogens with zero attached hydrogens (tertiary/aromatic N) is 1. The number of β-lactam (4-membered cyclic amide) rings is 2. The van der Waals surface area contributed by atoms with Gasteiger partial charge in [-0.15, -0.1) is 0 Å². The molecule has 0 bridgehead atoms. The molecule has 17 heavy (non-hydrogen) atoms. The minimum Gasteiger partial charge on any atom is -0.368 e. The van der Waals surface area contributed by atoms with Crippen LogP contribution in [-0.2, 0) is 20.8 Å². The third kappa shape index (κ3) is 2.18. The molecule has 5 heteroatoms. The van der Waals surface area contributed by atoms with Crippen molar-refractivity contribution in [3.05, 3.63) is 35.9 Å². The molecule has 0 radical (unpaired) electrons. The van der Waals surface area contributed by atoms with E-state index < -0.39 is 11.9 Å². The van der Waals surface area contributed by atoms with Gasteiger partial charge in [-0.05, 0) is 5.56 Å². The molecule has 1 heterocycles. The lowest BCUT2D eigenvalue weighted by Crippen LogP contribution is -2.59. The van der Waals surface area contributed by atoms with Crippen molar-refractivity contribution in [2.24, 2.45) is 5.73 Å². The Morgan fingerprint density at radius 2 is 1.82 bits per heavy atom. The van der Waals surface area contributed by atoms with Crippen LogP contribution in [0.25, 0.3) is 0 Å². The topological polar surface area (TPSA) is 80.5 Å². The van der Waals surface area contributed by atoms with E-state index in [9.17, 15) is 14.4 Å². The Kier molecular flexibility index (Phi) is 2.91. The van der Waals surface area contributed by atoms with Gasteiger partial charge in [-0.2, -0.15) is 0 Å². The maximum absolute atomic E-state index is 11.3. The van der Waals surface area contributed by atoms with Crippen molar-refractivity contribution in [3.8, 4) is 0 Å². The molecule has 1 aromatic rings. The van der Waals surface area contributed by atoms with Crippen molar-refractivity contribution in [1.82, 2.24) is 4.90 Å². The van der Waals surface area contributed by atoms with Gasteiger partial charge in [0.1, 0.15) is 12.5 Å². The van der Waals surface area contributed by atoms with E-state index in [1.807, 2.05) is 30.3 Å². The lowest BCUT2D eigenvalue weighted by atomic mass is 10.00. The van der Waals surface area contributed by atoms with Crippen LogP contribution < -0.4 is 5.73 Å². The summed E-state index contributed by atoms with van der Waals surface area (Å²) in [7, 11) is 0. The van der Waals surface area contributed by atoms with E-state index in [4.69, 9.17) is 5.73 Å². The van der Waals surface area contributed by atoms with Crippen molar-refractivity contribution < 1.29 is 14.4 Å². The number of imide groups is 1. The Morgan fingerprint density at radius 3 is 2.29 bits per heavy atom. The number of rotatable bonds is 4. The van der Waals surface area contributed by atoms with Crippen molar-refractivity contribution in [2.75, 3.05) is 0 Å². The smallest absolute Gasteiger partial charge is 0.241 e. The number of hydrogen-bond donors (Lipinski definition) is 1. The van der Waals surface area contributed by atoms with Crippen LogP contribution in [0.1, 0.15) is 12.0 Å². The van der Waals surface area contributed by atoms with Crippen molar-refractivity contribution in [2.45, 2.75) is 18.9 Å². The summed E-state index contributed by atoms with van der Waals surface area (Å²) in [5, 5.41) is 0. The number of hydrogen-bond acceptors (Lipinski definition) is 3. The van der Waals surface area contributed by atoms with Crippen LogP contribution in [0.2, 0.25) is 0 Å². The average molecular weight is 232 g/mol. The molecule has 0 saturated carbocycles. The first-order chi connectivity index (χ1) is 8.09. The van der Waals surface area contributed by atoms with Gasteiger partial charge in [0.15, 0.2) is 0 Å². The Balaban J connectivity index is 2.16. The molecule has 1 aliphatic rings. The Bertz CT molecular complexity index is 456. The standard InChI is InChI=1S/C12H12N2O3/c13-12(17)9(14-10(15)7-11(14)16)6-8-4-2-1-3-5-8/h1-5,9H,6-7H2,(H2,13,17)/t9-/m1/s1. The second kappa shape index (κ2) is 4.37. The summed E-state index contributed by atoms with van der Waals surface area (Å²) in [6.07, 6.45) is 0.145. The maximum Gasteiger partial charge on any atom is 0.241 e. The van der Waals surface area contributed by atoms with Gasteiger partial charge in [0.25, 0.3) is 0 Å². The first-order valence-electron chi connectivity index (χ1n) is 5.27. The quantitative estimate of drug-likeness (QED) is 0.578. The maximum atomic E-state index is 11.3. The average Bonchev–Trinajstić information content (AvgIpc) is 2.29. The molecule has 0 aromatic heterocycles. The van der Waals surface area contributed by atoms with E-state index in [2.05, 4.69) is 0 Å². The lowest BCUT2D eigenvalue weighted by Gasteiger charge is -2.34. The van der Waals surface area contributed by atoms with Crippen molar-refractivity contribution in [3.63, 3.8) is 0 Å². The van der Waals surface area contributed by atoms with E-state index >= 15 is 0 Å². The molecule has 1 aromatic carbocycles. The number of benzene rings is 1. The molecule has 1 atom stereocenters. The number of primary amides is 1. The Hall–Kier alpha value is -2.17. The second-order valence-electron chi connectivity index (χ2n) is 3.94. The summed E-state index contributed by atoms with van der Waals surface area (Å²) in [5.74, 6) is -1.33. The molecule has 0 unspecified atom stereocenters. The summed E-state index contributed by atoms with van der Waals surface area (Å²) < 4.78 is 0. The molecule has 3 amide bonds. The van der Waals surface area contributed by atoms with Crippen LogP contribution in [0.15, 0.2) is 30.3 Å². The third-order valence-corrected chi connectivity index (χ3v) is 2.75. The fourth-order valence-electron chi connectivity index (χ4n) is 1.85. The highest BCUT2D eigenvalue weighted by Gasteiger charge is 2.42. The zero-order chi connectivity index (χ0) is 12.4. The molecule has 1 saturated heterocycles. The van der Waals surface area contributed by atoms with Gasteiger partial charge in [-0.25, -0.2) is 0 Å². The normalized spacial score (nSPS) is 16.6. The highest BCUT2D eigenvalue weighted by molar-refractivity contribution is 6.17. The monoisotopic (exact) mass is 232 g/mol. The summed E-state index contributed by atoms with van der Waals surface area (Å²) in [6, 6.07) is 8.28. The van der Waals surface area contributed by atoms with E-state index in [-0.39, 0.29) is 24.7 Å². The van der Waals surface area contributed by atoms with Crippen LogP contribution >= 0.6 is 0 Å². The molecule has 2 N–H and O–H groups in total. The molecule has 1 fully saturated rings. The Morgan fingerprint density at radius 1 is 1.24 bits per heavy atom. The van der Waals surface area contributed by atoms with E-state index in [0.717, 1.165) is 10.5 Å². The SMILES string of the molecule is NC(=O)[C@@H](Cc1ccccc1)N1C(=O)CC1=O. The number of amides is 3. The molecular formula is C12H12N2O3. The zero-order valence-corrected chi connectivity index (χ0v) is 9.13. The molecule has 0 spiro atoms. The van der Waals surface area contributed by atoms with E-state index in [0.29, 0.717) is 0 Å². The minimum absolute atomic E-state index is 0.126. The summed E-state index contributed by atoms with van der Waals surface area (Å²) >= 11 is 0. The number of carbonyl (C=O) groups excluding carboxylic acids is 3. The van der Waals surface area contributed by atoms with Crippen molar-refractivity contribution in [1.29, 1.82) is 0 Å². The molecule has 1 aliphatic heterocycles. The summed E-state index contributed by atoms with van der Waals surface area (Å²) in [6.45, 7) is 0. The highest BCUT2D eigenvalue weighted by Crippen LogP contribution is 2.18. The molecule has 88 valence electrons. The molecule has 0 aliphatic carbocycles. The number of carbonyl (C=O) groups is 3.